The molecule has 3 aromatic carbocycles. The van der Waals surface area contributed by atoms with E-state index in [0.29, 0.717) is 11.5 Å². The van der Waals surface area contributed by atoms with E-state index in [1.54, 1.807) is 6.08 Å². The van der Waals surface area contributed by atoms with Gasteiger partial charge in [0.2, 0.25) is 0 Å². The summed E-state index contributed by atoms with van der Waals surface area (Å²) < 4.78 is 18.8. The molecule has 0 N–H and O–H groups in total. The lowest BCUT2D eigenvalue weighted by atomic mass is 9.35. The van der Waals surface area contributed by atoms with Crippen molar-refractivity contribution < 1.29 is 14.2 Å². The molecule has 0 spiro atoms. The molecule has 152 valence electrons. The summed E-state index contributed by atoms with van der Waals surface area (Å²) in [6, 6.07) is 16.7. The van der Waals surface area contributed by atoms with Gasteiger partial charge in [0.05, 0.1) is 0 Å². The quantitative estimate of drug-likeness (QED) is 0.237. The molecular weight excluding hydrogens is 383 g/mol. The molecule has 0 fully saturated rings. The fourth-order valence-corrected chi connectivity index (χ4v) is 4.21. The molecule has 0 unspecified atom stereocenters. The van der Waals surface area contributed by atoms with Gasteiger partial charge in [-0.05, 0) is 67.1 Å². The summed E-state index contributed by atoms with van der Waals surface area (Å²) in [5.74, 6) is 4.58. The van der Waals surface area contributed by atoms with Crippen molar-refractivity contribution >= 4 is 23.1 Å². The Morgan fingerprint density at radius 1 is 0.871 bits per heavy atom. The molecule has 0 saturated carbocycles. The van der Waals surface area contributed by atoms with E-state index in [1.165, 1.54) is 0 Å². The summed E-state index contributed by atoms with van der Waals surface area (Å²) in [6.45, 7) is 10.0. The Hall–Kier alpha value is -3.66. The number of hydrogen-bond donors (Lipinski definition) is 0. The standard InChI is InChI=1S/C27H23BO3/c1-5-7-8-19(6-2)29-20-15-25-27-26(16-20)31-24-14-18(4)10-12-22(24)28(27)21-11-9-17(3)13-23(21)30-25/h5-16H,2H2,1,3-4H3/b7-5-,19-8+. The monoisotopic (exact) mass is 406 g/mol. The van der Waals surface area contributed by atoms with Gasteiger partial charge in [0.15, 0.2) is 0 Å². The maximum absolute atomic E-state index is 6.36. The summed E-state index contributed by atoms with van der Waals surface area (Å²) in [5, 5.41) is 0. The van der Waals surface area contributed by atoms with Crippen LogP contribution in [0.3, 0.4) is 0 Å². The summed E-state index contributed by atoms with van der Waals surface area (Å²) >= 11 is 0. The maximum atomic E-state index is 6.36. The number of allylic oxidation sites excluding steroid dienone is 4. The van der Waals surface area contributed by atoms with Crippen molar-refractivity contribution in [2.45, 2.75) is 20.8 Å². The minimum atomic E-state index is 0.0604. The highest BCUT2D eigenvalue weighted by atomic mass is 16.5. The summed E-state index contributed by atoms with van der Waals surface area (Å²) in [5.41, 5.74) is 5.67. The molecular formula is C27H23BO3. The average Bonchev–Trinajstić information content (AvgIpc) is 2.75. The lowest BCUT2D eigenvalue weighted by Gasteiger charge is -2.33. The van der Waals surface area contributed by atoms with Crippen LogP contribution in [0.2, 0.25) is 0 Å². The highest BCUT2D eigenvalue weighted by Gasteiger charge is 2.40. The van der Waals surface area contributed by atoms with Crippen LogP contribution in [0, 0.1) is 13.8 Å². The van der Waals surface area contributed by atoms with Gasteiger partial charge in [-0.3, -0.25) is 0 Å². The molecule has 2 aliphatic rings. The van der Waals surface area contributed by atoms with Crippen molar-refractivity contribution in [1.82, 2.24) is 0 Å². The Morgan fingerprint density at radius 3 is 1.97 bits per heavy atom. The number of fused-ring (bicyclic) bond motifs is 4. The van der Waals surface area contributed by atoms with Crippen molar-refractivity contribution in [3.05, 3.63) is 96.3 Å². The summed E-state index contributed by atoms with van der Waals surface area (Å²) in [6.07, 6.45) is 7.42. The second-order valence-corrected chi connectivity index (χ2v) is 7.95. The molecule has 31 heavy (non-hydrogen) atoms. The molecule has 0 amide bonds. The summed E-state index contributed by atoms with van der Waals surface area (Å²) in [4.78, 5) is 0. The second-order valence-electron chi connectivity index (χ2n) is 7.95. The van der Waals surface area contributed by atoms with Gasteiger partial charge in [0.25, 0.3) is 6.71 Å². The third kappa shape index (κ3) is 3.34. The van der Waals surface area contributed by atoms with E-state index < -0.39 is 0 Å². The number of rotatable bonds is 4. The van der Waals surface area contributed by atoms with Crippen molar-refractivity contribution in [3.63, 3.8) is 0 Å². The zero-order valence-corrected chi connectivity index (χ0v) is 17.9. The van der Waals surface area contributed by atoms with Crippen LogP contribution in [0.1, 0.15) is 18.1 Å². The van der Waals surface area contributed by atoms with Crippen LogP contribution < -0.4 is 30.6 Å². The first-order valence-corrected chi connectivity index (χ1v) is 10.5. The molecule has 0 radical (unpaired) electrons. The van der Waals surface area contributed by atoms with Crippen LogP contribution in [0.5, 0.6) is 28.7 Å². The number of hydrogen-bond acceptors (Lipinski definition) is 3. The summed E-state index contributed by atoms with van der Waals surface area (Å²) in [7, 11) is 0. The van der Waals surface area contributed by atoms with E-state index in [4.69, 9.17) is 14.2 Å². The lowest BCUT2D eigenvalue weighted by Crippen LogP contribution is -2.57. The van der Waals surface area contributed by atoms with Gasteiger partial charge in [-0.25, -0.2) is 0 Å². The normalized spacial score (nSPS) is 13.6. The topological polar surface area (TPSA) is 27.7 Å². The van der Waals surface area contributed by atoms with Gasteiger partial charge < -0.3 is 14.2 Å². The Bertz CT molecular complexity index is 1190. The maximum Gasteiger partial charge on any atom is 0.260 e. The fraction of sp³-hybridized carbons (Fsp3) is 0.111. The van der Waals surface area contributed by atoms with E-state index in [9.17, 15) is 0 Å². The van der Waals surface area contributed by atoms with Crippen LogP contribution in [-0.2, 0) is 0 Å². The smallest absolute Gasteiger partial charge is 0.260 e. The molecule has 0 aliphatic carbocycles. The van der Waals surface area contributed by atoms with Crippen molar-refractivity contribution in [2.75, 3.05) is 0 Å². The van der Waals surface area contributed by atoms with Crippen molar-refractivity contribution in [2.24, 2.45) is 0 Å². The van der Waals surface area contributed by atoms with Gasteiger partial charge in [0, 0.05) is 17.6 Å². The van der Waals surface area contributed by atoms with Gasteiger partial charge in [0.1, 0.15) is 34.5 Å². The molecule has 3 aromatic rings. The molecule has 0 saturated heterocycles. The first kappa shape index (κ1) is 19.3. The van der Waals surface area contributed by atoms with E-state index >= 15 is 0 Å². The van der Waals surface area contributed by atoms with Gasteiger partial charge in [-0.2, -0.15) is 0 Å². The van der Waals surface area contributed by atoms with Crippen LogP contribution >= 0.6 is 0 Å². The zero-order chi connectivity index (χ0) is 21.5. The van der Waals surface area contributed by atoms with E-state index in [2.05, 4.69) is 56.8 Å². The average molecular weight is 406 g/mol. The molecule has 2 heterocycles. The fourth-order valence-electron chi connectivity index (χ4n) is 4.21. The van der Waals surface area contributed by atoms with Gasteiger partial charge in [-0.15, -0.1) is 0 Å². The molecule has 0 bridgehead atoms. The Kier molecular flexibility index (Phi) is 4.70. The van der Waals surface area contributed by atoms with E-state index in [0.717, 1.165) is 50.5 Å². The Morgan fingerprint density at radius 2 is 1.45 bits per heavy atom. The van der Waals surface area contributed by atoms with E-state index in [-0.39, 0.29) is 6.71 Å². The molecule has 2 aliphatic heterocycles. The van der Waals surface area contributed by atoms with Crippen molar-refractivity contribution in [3.8, 4) is 28.7 Å². The first-order valence-electron chi connectivity index (χ1n) is 10.5. The minimum Gasteiger partial charge on any atom is -0.458 e. The highest BCUT2D eigenvalue weighted by molar-refractivity contribution is 6.98. The Labute approximate surface area is 183 Å². The third-order valence-corrected chi connectivity index (χ3v) is 5.66. The predicted molar refractivity (Wildman–Crippen MR) is 127 cm³/mol. The lowest BCUT2D eigenvalue weighted by molar-refractivity contribution is 0.424. The first-order chi connectivity index (χ1) is 15.1. The molecule has 3 nitrogen and oxygen atoms in total. The Balaban J connectivity index is 1.68. The molecule has 4 heteroatoms. The number of ether oxygens (including phenoxy) is 3. The van der Waals surface area contributed by atoms with Crippen molar-refractivity contribution in [1.29, 1.82) is 0 Å². The SMILES string of the molecule is C=C/C(=C\C=C/C)Oc1cc2c3c(c1)Oc1cc(C)ccc1B3c1ccc(C)cc1O2. The van der Waals surface area contributed by atoms with Crippen LogP contribution in [0.25, 0.3) is 0 Å². The molecule has 5 rings (SSSR count). The predicted octanol–water partition coefficient (Wildman–Crippen LogP) is 5.06. The number of benzene rings is 3. The third-order valence-electron chi connectivity index (χ3n) is 5.66. The highest BCUT2D eigenvalue weighted by Crippen LogP contribution is 2.38. The van der Waals surface area contributed by atoms with Gasteiger partial charge >= 0.3 is 0 Å². The largest absolute Gasteiger partial charge is 0.458 e. The zero-order valence-electron chi connectivity index (χ0n) is 17.9. The molecule has 0 aromatic heterocycles. The van der Waals surface area contributed by atoms with Gasteiger partial charge in [-0.1, -0.05) is 43.0 Å². The van der Waals surface area contributed by atoms with E-state index in [1.807, 2.05) is 37.3 Å². The molecule has 0 atom stereocenters. The van der Waals surface area contributed by atoms with Crippen LogP contribution in [0.4, 0.5) is 0 Å². The number of aryl methyl sites for hydroxylation is 2. The second kappa shape index (κ2) is 7.55. The van der Waals surface area contributed by atoms with Crippen LogP contribution in [-0.4, -0.2) is 6.71 Å². The minimum absolute atomic E-state index is 0.0604. The van der Waals surface area contributed by atoms with Crippen LogP contribution in [0.15, 0.2) is 85.2 Å².